The van der Waals surface area contributed by atoms with Gasteiger partial charge in [-0.2, -0.15) is 0 Å². The highest BCUT2D eigenvalue weighted by Gasteiger charge is 2.19. The summed E-state index contributed by atoms with van der Waals surface area (Å²) in [5.41, 5.74) is 1.36. The van der Waals surface area contributed by atoms with E-state index in [0.29, 0.717) is 11.3 Å². The molecule has 0 spiro atoms. The van der Waals surface area contributed by atoms with Crippen LogP contribution < -0.4 is 0 Å². The molecule has 1 aromatic heterocycles. The molecule has 0 aliphatic rings. The van der Waals surface area contributed by atoms with Crippen LogP contribution in [0.25, 0.3) is 11.3 Å². The Balaban J connectivity index is 2.67. The SMILES string of the molecule is CC(C)n1c(C(=O)O)ccc1-c1cc(Cl)c(F)c(Cl)c1. The van der Waals surface area contributed by atoms with E-state index in [9.17, 15) is 14.3 Å². The van der Waals surface area contributed by atoms with Crippen molar-refractivity contribution in [3.8, 4) is 11.3 Å². The Bertz CT molecular complexity index is 657. The molecular weight excluding hydrogens is 304 g/mol. The van der Waals surface area contributed by atoms with Crippen molar-refractivity contribution < 1.29 is 14.3 Å². The van der Waals surface area contributed by atoms with Crippen LogP contribution in [-0.2, 0) is 0 Å². The second-order valence-electron chi connectivity index (χ2n) is 4.63. The third kappa shape index (κ3) is 2.53. The predicted octanol–water partition coefficient (Wildman–Crippen LogP) is 4.88. The molecule has 6 heteroatoms. The Morgan fingerprint density at radius 3 is 2.25 bits per heavy atom. The summed E-state index contributed by atoms with van der Waals surface area (Å²) in [4.78, 5) is 11.2. The molecule has 1 N–H and O–H groups in total. The first-order valence-corrected chi connectivity index (χ1v) is 6.68. The third-order valence-corrected chi connectivity index (χ3v) is 3.48. The van der Waals surface area contributed by atoms with Crippen molar-refractivity contribution in [2.75, 3.05) is 0 Å². The number of aromatic nitrogens is 1. The maximum Gasteiger partial charge on any atom is 0.352 e. The molecule has 2 aromatic rings. The summed E-state index contributed by atoms with van der Waals surface area (Å²) in [5, 5.41) is 9.00. The van der Waals surface area contributed by atoms with Gasteiger partial charge in [-0.25, -0.2) is 9.18 Å². The number of nitrogens with zero attached hydrogens (tertiary/aromatic N) is 1. The maximum absolute atomic E-state index is 13.5. The van der Waals surface area contributed by atoms with E-state index in [2.05, 4.69) is 0 Å². The summed E-state index contributed by atoms with van der Waals surface area (Å²) in [6.45, 7) is 3.73. The molecule has 0 amide bonds. The van der Waals surface area contributed by atoms with Crippen LogP contribution in [0.5, 0.6) is 0 Å². The van der Waals surface area contributed by atoms with Gasteiger partial charge in [-0.15, -0.1) is 0 Å². The van der Waals surface area contributed by atoms with Crippen LogP contribution in [0, 0.1) is 5.82 Å². The van der Waals surface area contributed by atoms with E-state index in [1.807, 2.05) is 13.8 Å². The molecule has 0 aliphatic heterocycles. The Kier molecular flexibility index (Phi) is 4.06. The predicted molar refractivity (Wildman–Crippen MR) is 77.2 cm³/mol. The van der Waals surface area contributed by atoms with Gasteiger partial charge in [0.05, 0.1) is 10.0 Å². The van der Waals surface area contributed by atoms with E-state index in [-0.39, 0.29) is 21.8 Å². The number of carbonyl (C=O) groups is 1. The number of aromatic carboxylic acids is 1. The average Bonchev–Trinajstić information content (AvgIpc) is 2.80. The highest BCUT2D eigenvalue weighted by molar-refractivity contribution is 6.35. The standard InChI is InChI=1S/C14H12Cl2FNO2/c1-7(2)18-11(3-4-12(18)14(19)20)8-5-9(15)13(17)10(16)6-8/h3-7H,1-2H3,(H,19,20). The topological polar surface area (TPSA) is 42.2 Å². The summed E-state index contributed by atoms with van der Waals surface area (Å²) >= 11 is 11.6. The highest BCUT2D eigenvalue weighted by atomic mass is 35.5. The van der Waals surface area contributed by atoms with E-state index in [4.69, 9.17) is 23.2 Å². The van der Waals surface area contributed by atoms with Gasteiger partial charge in [0.2, 0.25) is 0 Å². The minimum absolute atomic E-state index is 0.0753. The van der Waals surface area contributed by atoms with Crippen LogP contribution in [0.3, 0.4) is 0 Å². The molecule has 20 heavy (non-hydrogen) atoms. The minimum atomic E-state index is -1.02. The first kappa shape index (κ1) is 14.9. The van der Waals surface area contributed by atoms with Gasteiger partial charge in [0.15, 0.2) is 5.82 Å². The zero-order chi connectivity index (χ0) is 15.0. The van der Waals surface area contributed by atoms with Gasteiger partial charge in [0.25, 0.3) is 0 Å². The van der Waals surface area contributed by atoms with Crippen molar-refractivity contribution in [3.05, 3.63) is 45.8 Å². The van der Waals surface area contributed by atoms with Gasteiger partial charge in [-0.3, -0.25) is 0 Å². The van der Waals surface area contributed by atoms with Crippen molar-refractivity contribution in [2.24, 2.45) is 0 Å². The van der Waals surface area contributed by atoms with Crippen molar-refractivity contribution in [1.82, 2.24) is 4.57 Å². The van der Waals surface area contributed by atoms with Crippen molar-refractivity contribution in [2.45, 2.75) is 19.9 Å². The van der Waals surface area contributed by atoms with E-state index in [1.54, 1.807) is 10.6 Å². The molecule has 3 nitrogen and oxygen atoms in total. The summed E-state index contributed by atoms with van der Waals surface area (Å²) < 4.78 is 15.1. The quantitative estimate of drug-likeness (QED) is 0.820. The molecule has 0 bridgehead atoms. The van der Waals surface area contributed by atoms with E-state index in [0.717, 1.165) is 0 Å². The fraction of sp³-hybridized carbons (Fsp3) is 0.214. The lowest BCUT2D eigenvalue weighted by molar-refractivity contribution is 0.0683. The lowest BCUT2D eigenvalue weighted by Gasteiger charge is -2.16. The number of hydrogen-bond donors (Lipinski definition) is 1. The maximum atomic E-state index is 13.5. The molecule has 2 rings (SSSR count). The number of hydrogen-bond acceptors (Lipinski definition) is 1. The van der Waals surface area contributed by atoms with Crippen LogP contribution in [0.1, 0.15) is 30.4 Å². The number of carboxylic acids is 1. The molecule has 0 unspecified atom stereocenters. The Labute approximate surface area is 125 Å². The zero-order valence-corrected chi connectivity index (χ0v) is 12.3. The Morgan fingerprint density at radius 1 is 1.25 bits per heavy atom. The Morgan fingerprint density at radius 2 is 1.80 bits per heavy atom. The molecule has 0 atom stereocenters. The van der Waals surface area contributed by atoms with Gasteiger partial charge in [0.1, 0.15) is 5.69 Å². The van der Waals surface area contributed by atoms with Gasteiger partial charge < -0.3 is 9.67 Å². The van der Waals surface area contributed by atoms with E-state index >= 15 is 0 Å². The van der Waals surface area contributed by atoms with Crippen LogP contribution in [0.15, 0.2) is 24.3 Å². The first-order chi connectivity index (χ1) is 9.32. The lowest BCUT2D eigenvalue weighted by Crippen LogP contribution is -2.11. The number of rotatable bonds is 3. The largest absolute Gasteiger partial charge is 0.477 e. The average molecular weight is 316 g/mol. The fourth-order valence-corrected chi connectivity index (χ4v) is 2.60. The smallest absolute Gasteiger partial charge is 0.352 e. The first-order valence-electron chi connectivity index (χ1n) is 5.92. The molecule has 0 fully saturated rings. The number of carboxylic acid groups (broad SMARTS) is 1. The number of benzene rings is 1. The van der Waals surface area contributed by atoms with Crippen LogP contribution >= 0.6 is 23.2 Å². The summed E-state index contributed by atoms with van der Waals surface area (Å²) in [7, 11) is 0. The highest BCUT2D eigenvalue weighted by Crippen LogP contribution is 2.33. The molecular formula is C14H12Cl2FNO2. The molecule has 0 radical (unpaired) electrons. The molecule has 0 aliphatic carbocycles. The summed E-state index contributed by atoms with van der Waals surface area (Å²) in [5.74, 6) is -1.71. The molecule has 1 heterocycles. The van der Waals surface area contributed by atoms with Gasteiger partial charge in [-0.1, -0.05) is 23.2 Å². The van der Waals surface area contributed by atoms with Gasteiger partial charge in [-0.05, 0) is 38.1 Å². The van der Waals surface area contributed by atoms with Gasteiger partial charge >= 0.3 is 5.97 Å². The monoisotopic (exact) mass is 315 g/mol. The normalized spacial score (nSPS) is 11.1. The van der Waals surface area contributed by atoms with Crippen molar-refractivity contribution in [3.63, 3.8) is 0 Å². The summed E-state index contributed by atoms with van der Waals surface area (Å²) in [6, 6.07) is 5.95. The molecule has 1 aromatic carbocycles. The second kappa shape index (κ2) is 5.46. The molecule has 106 valence electrons. The zero-order valence-electron chi connectivity index (χ0n) is 10.8. The molecule has 0 saturated carbocycles. The van der Waals surface area contributed by atoms with Crippen LogP contribution in [0.2, 0.25) is 10.0 Å². The fourth-order valence-electron chi connectivity index (χ4n) is 2.12. The van der Waals surface area contributed by atoms with E-state index < -0.39 is 11.8 Å². The van der Waals surface area contributed by atoms with Gasteiger partial charge in [0, 0.05) is 17.3 Å². The Hall–Kier alpha value is -1.52. The van der Waals surface area contributed by atoms with Crippen molar-refractivity contribution in [1.29, 1.82) is 0 Å². The molecule has 0 saturated heterocycles. The van der Waals surface area contributed by atoms with Crippen molar-refractivity contribution >= 4 is 29.2 Å². The van der Waals surface area contributed by atoms with E-state index in [1.165, 1.54) is 18.2 Å². The third-order valence-electron chi connectivity index (χ3n) is 2.93. The summed E-state index contributed by atoms with van der Waals surface area (Å²) in [6.07, 6.45) is 0. The van der Waals surface area contributed by atoms with Crippen LogP contribution in [0.4, 0.5) is 4.39 Å². The van der Waals surface area contributed by atoms with Crippen LogP contribution in [-0.4, -0.2) is 15.6 Å². The lowest BCUT2D eigenvalue weighted by atomic mass is 10.1. The second-order valence-corrected chi connectivity index (χ2v) is 5.44. The number of halogens is 3. The minimum Gasteiger partial charge on any atom is -0.477 e.